The van der Waals surface area contributed by atoms with Crippen LogP contribution in [0, 0.1) is 11.2 Å². The molecule has 7 heteroatoms. The second kappa shape index (κ2) is 5.24. The molecule has 0 bridgehead atoms. The fraction of sp³-hybridized carbons (Fsp3) is 0.273. The highest BCUT2D eigenvalue weighted by molar-refractivity contribution is 9.10. The molecule has 0 spiro atoms. The van der Waals surface area contributed by atoms with Crippen LogP contribution >= 0.6 is 27.5 Å². The van der Waals surface area contributed by atoms with Crippen molar-refractivity contribution in [2.75, 3.05) is 0 Å². The molecule has 0 radical (unpaired) electrons. The Bertz CT molecular complexity index is 504. The number of carboxylic acid groups (broad SMARTS) is 2. The molecule has 0 aliphatic rings. The van der Waals surface area contributed by atoms with Gasteiger partial charge in [0.05, 0.1) is 9.50 Å². The Morgan fingerprint density at radius 3 is 2.33 bits per heavy atom. The molecule has 2 N–H and O–H groups in total. The molecule has 1 aromatic rings. The second-order valence-corrected chi connectivity index (χ2v) is 5.15. The first-order chi connectivity index (χ1) is 8.20. The average Bonchev–Trinajstić information content (AvgIpc) is 2.29. The molecule has 18 heavy (non-hydrogen) atoms. The van der Waals surface area contributed by atoms with Crippen molar-refractivity contribution in [2.45, 2.75) is 13.3 Å². The summed E-state index contributed by atoms with van der Waals surface area (Å²) in [7, 11) is 0. The number of benzene rings is 1. The minimum atomic E-state index is -2.03. The molecular weight excluding hydrogens is 330 g/mol. The van der Waals surface area contributed by atoms with Crippen LogP contribution in [-0.2, 0) is 16.0 Å². The number of carboxylic acids is 2. The van der Waals surface area contributed by atoms with E-state index in [1.165, 1.54) is 12.1 Å². The predicted molar refractivity (Wildman–Crippen MR) is 66.2 cm³/mol. The monoisotopic (exact) mass is 338 g/mol. The first kappa shape index (κ1) is 14.9. The molecule has 0 saturated carbocycles. The standard InChI is InChI=1S/C11H9BrClFO4/c1-11(9(15)16,10(17)18)4-5-2-3-6(13)8(14)7(5)12/h2-3H,4H2,1H3,(H,15,16)(H,17,18). The van der Waals surface area contributed by atoms with E-state index in [4.69, 9.17) is 21.8 Å². The quantitative estimate of drug-likeness (QED) is 0.653. The smallest absolute Gasteiger partial charge is 0.321 e. The van der Waals surface area contributed by atoms with Crippen LogP contribution in [0.5, 0.6) is 0 Å². The third-order valence-electron chi connectivity index (χ3n) is 2.60. The van der Waals surface area contributed by atoms with E-state index < -0.39 is 23.2 Å². The Kier molecular flexibility index (Phi) is 4.34. The van der Waals surface area contributed by atoms with Gasteiger partial charge in [0.15, 0.2) is 11.2 Å². The second-order valence-electron chi connectivity index (χ2n) is 3.95. The maximum atomic E-state index is 13.5. The van der Waals surface area contributed by atoms with Crippen LogP contribution in [0.3, 0.4) is 0 Å². The summed E-state index contributed by atoms with van der Waals surface area (Å²) in [5, 5.41) is 17.8. The lowest BCUT2D eigenvalue weighted by Crippen LogP contribution is -2.38. The first-order valence-corrected chi connectivity index (χ1v) is 5.96. The molecule has 0 amide bonds. The Hall–Kier alpha value is -1.14. The Morgan fingerprint density at radius 1 is 1.39 bits per heavy atom. The summed E-state index contributed by atoms with van der Waals surface area (Å²) in [5.41, 5.74) is -1.80. The zero-order valence-corrected chi connectivity index (χ0v) is 11.5. The van der Waals surface area contributed by atoms with E-state index in [1.54, 1.807) is 0 Å². The molecular formula is C11H9BrClFO4. The first-order valence-electron chi connectivity index (χ1n) is 4.79. The van der Waals surface area contributed by atoms with E-state index in [2.05, 4.69) is 15.9 Å². The molecule has 0 heterocycles. The molecule has 0 aliphatic heterocycles. The summed E-state index contributed by atoms with van der Waals surface area (Å²) < 4.78 is 13.5. The number of hydrogen-bond donors (Lipinski definition) is 2. The van der Waals surface area contributed by atoms with Crippen LogP contribution in [0.2, 0.25) is 5.02 Å². The van der Waals surface area contributed by atoms with E-state index in [0.29, 0.717) is 0 Å². The summed E-state index contributed by atoms with van der Waals surface area (Å²) in [5.74, 6) is -3.72. The summed E-state index contributed by atoms with van der Waals surface area (Å²) in [6.45, 7) is 1.07. The normalized spacial score (nSPS) is 11.3. The van der Waals surface area contributed by atoms with Gasteiger partial charge in [-0.1, -0.05) is 17.7 Å². The lowest BCUT2D eigenvalue weighted by molar-refractivity contribution is -0.163. The van der Waals surface area contributed by atoms with Gasteiger partial charge < -0.3 is 10.2 Å². The molecule has 4 nitrogen and oxygen atoms in total. The summed E-state index contributed by atoms with van der Waals surface area (Å²) in [6.07, 6.45) is -0.355. The van der Waals surface area contributed by atoms with Gasteiger partial charge >= 0.3 is 11.9 Å². The van der Waals surface area contributed by atoms with E-state index in [1.807, 2.05) is 0 Å². The van der Waals surface area contributed by atoms with Crippen molar-refractivity contribution in [3.8, 4) is 0 Å². The summed E-state index contributed by atoms with van der Waals surface area (Å²) in [4.78, 5) is 22.0. The Morgan fingerprint density at radius 2 is 1.89 bits per heavy atom. The highest BCUT2D eigenvalue weighted by Gasteiger charge is 2.42. The zero-order chi connectivity index (χ0) is 14.1. The van der Waals surface area contributed by atoms with Gasteiger partial charge in [-0.2, -0.15) is 0 Å². The van der Waals surface area contributed by atoms with Crippen molar-refractivity contribution in [1.82, 2.24) is 0 Å². The van der Waals surface area contributed by atoms with Gasteiger partial charge in [0.25, 0.3) is 0 Å². The lowest BCUT2D eigenvalue weighted by atomic mass is 9.84. The van der Waals surface area contributed by atoms with Crippen molar-refractivity contribution in [1.29, 1.82) is 0 Å². The van der Waals surface area contributed by atoms with Gasteiger partial charge in [-0.3, -0.25) is 9.59 Å². The molecule has 98 valence electrons. The minimum absolute atomic E-state index is 0.0243. The van der Waals surface area contributed by atoms with Crippen LogP contribution in [0.4, 0.5) is 4.39 Å². The van der Waals surface area contributed by atoms with Gasteiger partial charge in [0, 0.05) is 6.42 Å². The maximum absolute atomic E-state index is 13.5. The van der Waals surface area contributed by atoms with Crippen molar-refractivity contribution >= 4 is 39.5 Å². The topological polar surface area (TPSA) is 74.6 Å². The zero-order valence-electron chi connectivity index (χ0n) is 9.21. The van der Waals surface area contributed by atoms with Crippen LogP contribution in [-0.4, -0.2) is 22.2 Å². The summed E-state index contributed by atoms with van der Waals surface area (Å²) >= 11 is 8.48. The van der Waals surface area contributed by atoms with Gasteiger partial charge in [0.1, 0.15) is 0 Å². The summed E-state index contributed by atoms with van der Waals surface area (Å²) in [6, 6.07) is 2.64. The van der Waals surface area contributed by atoms with Crippen LogP contribution in [0.15, 0.2) is 16.6 Å². The number of halogens is 3. The average molecular weight is 340 g/mol. The fourth-order valence-electron chi connectivity index (χ4n) is 1.33. The lowest BCUT2D eigenvalue weighted by Gasteiger charge is -2.20. The molecule has 0 saturated heterocycles. The Balaban J connectivity index is 3.22. The number of rotatable bonds is 4. The van der Waals surface area contributed by atoms with Crippen molar-refractivity contribution in [3.63, 3.8) is 0 Å². The maximum Gasteiger partial charge on any atom is 0.321 e. The largest absolute Gasteiger partial charge is 0.480 e. The molecule has 0 aromatic heterocycles. The highest BCUT2D eigenvalue weighted by Crippen LogP contribution is 2.32. The van der Waals surface area contributed by atoms with Crippen molar-refractivity contribution in [3.05, 3.63) is 33.0 Å². The van der Waals surface area contributed by atoms with E-state index >= 15 is 0 Å². The van der Waals surface area contributed by atoms with Gasteiger partial charge in [-0.15, -0.1) is 0 Å². The molecule has 1 rings (SSSR count). The minimum Gasteiger partial charge on any atom is -0.480 e. The van der Waals surface area contributed by atoms with E-state index in [-0.39, 0.29) is 21.5 Å². The SMILES string of the molecule is CC(Cc1ccc(Cl)c(F)c1Br)(C(=O)O)C(=O)O. The molecule has 0 fully saturated rings. The molecule has 1 aromatic carbocycles. The number of carbonyl (C=O) groups is 2. The van der Waals surface area contributed by atoms with Crippen molar-refractivity contribution < 1.29 is 24.2 Å². The molecule has 0 aliphatic carbocycles. The van der Waals surface area contributed by atoms with Crippen molar-refractivity contribution in [2.24, 2.45) is 5.41 Å². The van der Waals surface area contributed by atoms with Gasteiger partial charge in [0.2, 0.25) is 0 Å². The highest BCUT2D eigenvalue weighted by atomic mass is 79.9. The van der Waals surface area contributed by atoms with Crippen LogP contribution in [0.25, 0.3) is 0 Å². The van der Waals surface area contributed by atoms with Gasteiger partial charge in [-0.05, 0) is 34.5 Å². The van der Waals surface area contributed by atoms with Crippen LogP contribution in [0.1, 0.15) is 12.5 Å². The number of aliphatic carboxylic acids is 2. The Labute approximate surface area is 116 Å². The fourth-order valence-corrected chi connectivity index (χ4v) is 2.08. The van der Waals surface area contributed by atoms with E-state index in [0.717, 1.165) is 6.92 Å². The van der Waals surface area contributed by atoms with E-state index in [9.17, 15) is 14.0 Å². The predicted octanol–water partition coefficient (Wildman–Crippen LogP) is 2.96. The van der Waals surface area contributed by atoms with Crippen LogP contribution < -0.4 is 0 Å². The molecule has 0 unspecified atom stereocenters. The third-order valence-corrected chi connectivity index (χ3v) is 3.75. The molecule has 0 atom stereocenters. The third kappa shape index (κ3) is 2.64. The van der Waals surface area contributed by atoms with Gasteiger partial charge in [-0.25, -0.2) is 4.39 Å². The number of hydrogen-bond acceptors (Lipinski definition) is 2.